The molecule has 0 fully saturated rings. The minimum Gasteiger partial charge on any atom is -0.497 e. The molecule has 2 aromatic carbocycles. The highest BCUT2D eigenvalue weighted by atomic mass is 16.7. The molecule has 0 bridgehead atoms. The van der Waals surface area contributed by atoms with Gasteiger partial charge in [0.05, 0.1) is 7.11 Å². The van der Waals surface area contributed by atoms with Gasteiger partial charge in [-0.15, -0.1) is 0 Å². The smallest absolute Gasteiger partial charge is 0.373 e. The largest absolute Gasteiger partial charge is 0.497 e. The van der Waals surface area contributed by atoms with Crippen LogP contribution < -0.4 is 14.2 Å². The van der Waals surface area contributed by atoms with Crippen LogP contribution in [0, 0.1) is 0 Å². The number of hydrogen-bond acceptors (Lipinski definition) is 6. The number of aliphatic hydroxyl groups is 1. The lowest BCUT2D eigenvalue weighted by molar-refractivity contribution is -0.170. The number of carboxylic acid groups (broad SMARTS) is 1. The molecule has 0 heterocycles. The second-order valence-electron chi connectivity index (χ2n) is 5.32. The summed E-state index contributed by atoms with van der Waals surface area (Å²) < 4.78 is 20.9. The van der Waals surface area contributed by atoms with Crippen LogP contribution in [0.4, 0.5) is 0 Å². The fourth-order valence-electron chi connectivity index (χ4n) is 2.17. The van der Waals surface area contributed by atoms with Crippen LogP contribution in [0.25, 0.3) is 0 Å². The maximum Gasteiger partial charge on any atom is 0.373 e. The lowest BCUT2D eigenvalue weighted by Crippen LogP contribution is -2.30. The van der Waals surface area contributed by atoms with Crippen LogP contribution in [0.2, 0.25) is 0 Å². The van der Waals surface area contributed by atoms with Gasteiger partial charge in [0.25, 0.3) is 6.29 Å². The van der Waals surface area contributed by atoms with Gasteiger partial charge in [-0.1, -0.05) is 12.1 Å². The summed E-state index contributed by atoms with van der Waals surface area (Å²) in [6.07, 6.45) is -2.17. The van der Waals surface area contributed by atoms with E-state index in [9.17, 15) is 9.90 Å². The molecular formula is C19H22O7. The van der Waals surface area contributed by atoms with Gasteiger partial charge in [0.1, 0.15) is 30.0 Å². The van der Waals surface area contributed by atoms with Crippen LogP contribution in [0.3, 0.4) is 0 Å². The Hall–Kier alpha value is -2.77. The number of carbonyl (C=O) groups is 1. The van der Waals surface area contributed by atoms with Gasteiger partial charge in [-0.05, 0) is 48.9 Å². The molecule has 0 aliphatic carbocycles. The molecule has 2 aromatic rings. The van der Waals surface area contributed by atoms with Crippen molar-refractivity contribution < 1.29 is 34.0 Å². The van der Waals surface area contributed by atoms with Gasteiger partial charge >= 0.3 is 5.97 Å². The predicted molar refractivity (Wildman–Crippen MR) is 93.6 cm³/mol. The Morgan fingerprint density at radius 2 is 1.77 bits per heavy atom. The van der Waals surface area contributed by atoms with Crippen LogP contribution in [-0.2, 0) is 9.53 Å². The van der Waals surface area contributed by atoms with Crippen molar-refractivity contribution in [3.05, 3.63) is 54.1 Å². The number of aliphatic carboxylic acids is 1. The first-order chi connectivity index (χ1) is 12.5. The molecule has 2 atom stereocenters. The van der Waals surface area contributed by atoms with Gasteiger partial charge in [0.15, 0.2) is 0 Å². The highest BCUT2D eigenvalue weighted by molar-refractivity contribution is 5.71. The number of hydrogen-bond donors (Lipinski definition) is 2. The zero-order chi connectivity index (χ0) is 18.9. The molecule has 7 heteroatoms. The SMILES string of the molecule is CCO[C@@H](Oc1ccc(OC[C@@H](O)c2cccc(OC)c2)cc1)C(=O)O. The molecule has 140 valence electrons. The van der Waals surface area contributed by atoms with Gasteiger partial charge in [0, 0.05) is 6.61 Å². The van der Waals surface area contributed by atoms with Crippen LogP contribution in [0.1, 0.15) is 18.6 Å². The molecule has 0 aromatic heterocycles. The fourth-order valence-corrected chi connectivity index (χ4v) is 2.17. The Bertz CT molecular complexity index is 699. The zero-order valence-corrected chi connectivity index (χ0v) is 14.6. The van der Waals surface area contributed by atoms with Crippen molar-refractivity contribution >= 4 is 5.97 Å². The third-order valence-electron chi connectivity index (χ3n) is 3.47. The van der Waals surface area contributed by atoms with Crippen LogP contribution >= 0.6 is 0 Å². The maximum atomic E-state index is 11.0. The monoisotopic (exact) mass is 362 g/mol. The number of aliphatic hydroxyl groups excluding tert-OH is 1. The third-order valence-corrected chi connectivity index (χ3v) is 3.47. The summed E-state index contributed by atoms with van der Waals surface area (Å²) in [5.41, 5.74) is 0.685. The molecule has 0 amide bonds. The van der Waals surface area contributed by atoms with Crippen molar-refractivity contribution in [2.45, 2.75) is 19.3 Å². The molecule has 0 aliphatic heterocycles. The Kier molecular flexibility index (Phi) is 7.25. The summed E-state index contributed by atoms with van der Waals surface area (Å²) in [7, 11) is 1.56. The lowest BCUT2D eigenvalue weighted by atomic mass is 10.1. The normalized spacial score (nSPS) is 12.9. The Morgan fingerprint density at radius 1 is 1.08 bits per heavy atom. The molecular weight excluding hydrogens is 340 g/mol. The second kappa shape index (κ2) is 9.65. The zero-order valence-electron chi connectivity index (χ0n) is 14.6. The van der Waals surface area contributed by atoms with Crippen LogP contribution in [-0.4, -0.2) is 42.8 Å². The first-order valence-electron chi connectivity index (χ1n) is 8.09. The molecule has 2 rings (SSSR count). The predicted octanol–water partition coefficient (Wildman–Crippen LogP) is 2.63. The molecule has 0 spiro atoms. The molecule has 0 radical (unpaired) electrons. The van der Waals surface area contributed by atoms with E-state index in [0.717, 1.165) is 0 Å². The lowest BCUT2D eigenvalue weighted by Gasteiger charge is -2.16. The van der Waals surface area contributed by atoms with E-state index in [1.54, 1.807) is 62.6 Å². The van der Waals surface area contributed by atoms with Gasteiger partial charge < -0.3 is 29.2 Å². The van der Waals surface area contributed by atoms with E-state index >= 15 is 0 Å². The van der Waals surface area contributed by atoms with Crippen LogP contribution in [0.5, 0.6) is 17.2 Å². The van der Waals surface area contributed by atoms with Crippen molar-refractivity contribution in [2.24, 2.45) is 0 Å². The summed E-state index contributed by atoms with van der Waals surface area (Å²) in [6.45, 7) is 1.97. The minimum atomic E-state index is -1.36. The highest BCUT2D eigenvalue weighted by Gasteiger charge is 2.19. The molecule has 0 saturated heterocycles. The fraction of sp³-hybridized carbons (Fsp3) is 0.316. The first kappa shape index (κ1) is 19.6. The summed E-state index contributed by atoms with van der Waals surface area (Å²) in [5, 5.41) is 19.2. The molecule has 2 N–H and O–H groups in total. The van der Waals surface area contributed by atoms with Gasteiger partial charge in [-0.2, -0.15) is 0 Å². The van der Waals surface area contributed by atoms with Crippen molar-refractivity contribution in [1.29, 1.82) is 0 Å². The van der Waals surface area contributed by atoms with Gasteiger partial charge in [-0.3, -0.25) is 0 Å². The summed E-state index contributed by atoms with van der Waals surface area (Å²) in [6, 6.07) is 13.5. The van der Waals surface area contributed by atoms with Crippen molar-refractivity contribution in [1.82, 2.24) is 0 Å². The van der Waals surface area contributed by atoms with Crippen molar-refractivity contribution in [3.8, 4) is 17.2 Å². The molecule has 0 aliphatic rings. The quantitative estimate of drug-likeness (QED) is 0.627. The summed E-state index contributed by atoms with van der Waals surface area (Å²) in [5.74, 6) is 0.313. The number of rotatable bonds is 10. The van der Waals surface area contributed by atoms with Gasteiger partial charge in [0.2, 0.25) is 0 Å². The van der Waals surface area contributed by atoms with Gasteiger partial charge in [-0.25, -0.2) is 4.79 Å². The number of methoxy groups -OCH3 is 1. The number of benzene rings is 2. The second-order valence-corrected chi connectivity index (χ2v) is 5.32. The standard InChI is InChI=1S/C19H22O7/c1-3-24-19(18(21)22)26-15-9-7-14(8-10-15)25-12-17(20)13-5-4-6-16(11-13)23-2/h4-11,17,19-20H,3,12H2,1-2H3,(H,21,22)/t17-,19+/m1/s1. The Morgan fingerprint density at radius 3 is 2.38 bits per heavy atom. The topological polar surface area (TPSA) is 94.5 Å². The van der Waals surface area contributed by atoms with E-state index in [-0.39, 0.29) is 13.2 Å². The maximum absolute atomic E-state index is 11.0. The average Bonchev–Trinajstić information content (AvgIpc) is 2.66. The number of ether oxygens (including phenoxy) is 4. The van der Waals surface area contributed by atoms with Crippen LogP contribution in [0.15, 0.2) is 48.5 Å². The molecule has 0 saturated carbocycles. The van der Waals surface area contributed by atoms with E-state index < -0.39 is 18.4 Å². The van der Waals surface area contributed by atoms with E-state index in [1.165, 1.54) is 0 Å². The third kappa shape index (κ3) is 5.65. The van der Waals surface area contributed by atoms with E-state index in [1.807, 2.05) is 0 Å². The Labute approximate surface area is 151 Å². The molecule has 7 nitrogen and oxygen atoms in total. The highest BCUT2D eigenvalue weighted by Crippen LogP contribution is 2.22. The average molecular weight is 362 g/mol. The van der Waals surface area contributed by atoms with E-state index in [0.29, 0.717) is 22.8 Å². The van der Waals surface area contributed by atoms with Crippen molar-refractivity contribution in [3.63, 3.8) is 0 Å². The molecule has 0 unspecified atom stereocenters. The summed E-state index contributed by atoms with van der Waals surface area (Å²) in [4.78, 5) is 11.0. The number of carboxylic acids is 1. The van der Waals surface area contributed by atoms with E-state index in [2.05, 4.69) is 0 Å². The first-order valence-corrected chi connectivity index (χ1v) is 8.09. The summed E-state index contributed by atoms with van der Waals surface area (Å²) >= 11 is 0. The Balaban J connectivity index is 1.91. The minimum absolute atomic E-state index is 0.0596. The molecule has 26 heavy (non-hydrogen) atoms. The van der Waals surface area contributed by atoms with Crippen molar-refractivity contribution in [2.75, 3.05) is 20.3 Å². The van der Waals surface area contributed by atoms with E-state index in [4.69, 9.17) is 24.1 Å².